The lowest BCUT2D eigenvalue weighted by Crippen LogP contribution is -2.43. The van der Waals surface area contributed by atoms with Gasteiger partial charge in [-0.2, -0.15) is 0 Å². The lowest BCUT2D eigenvalue weighted by atomic mass is 9.99. The molecule has 1 saturated heterocycles. The molecule has 2 N–H and O–H groups in total. The number of β-amino-alcohol motifs (C(OH)–C–C–N with tert-alkyl or cyclic N) is 1. The highest BCUT2D eigenvalue weighted by atomic mass is 16.5. The van der Waals surface area contributed by atoms with Gasteiger partial charge in [-0.3, -0.25) is 9.78 Å². The van der Waals surface area contributed by atoms with E-state index in [1.807, 2.05) is 6.07 Å². The number of aliphatic hydroxyl groups excluding tert-OH is 1. The number of hydrogen-bond donors (Lipinski definition) is 2. The Kier molecular flexibility index (Phi) is 6.79. The predicted octanol–water partition coefficient (Wildman–Crippen LogP) is 2.70. The Labute approximate surface area is 160 Å². The molecule has 1 unspecified atom stereocenters. The first-order valence-electron chi connectivity index (χ1n) is 9.47. The highest BCUT2D eigenvalue weighted by Crippen LogP contribution is 2.24. The second kappa shape index (κ2) is 9.48. The van der Waals surface area contributed by atoms with Gasteiger partial charge in [0.15, 0.2) is 0 Å². The van der Waals surface area contributed by atoms with E-state index in [2.05, 4.69) is 22.1 Å². The van der Waals surface area contributed by atoms with Gasteiger partial charge in [-0.15, -0.1) is 0 Å². The number of para-hydroxylation sites is 1. The maximum Gasteiger partial charge on any atom is 0.255 e. The van der Waals surface area contributed by atoms with Gasteiger partial charge >= 0.3 is 0 Å². The van der Waals surface area contributed by atoms with Crippen molar-refractivity contribution >= 4 is 5.91 Å². The number of pyridine rings is 1. The van der Waals surface area contributed by atoms with Crippen molar-refractivity contribution in [2.75, 3.05) is 26.2 Å². The van der Waals surface area contributed by atoms with Gasteiger partial charge in [0.05, 0.1) is 17.9 Å². The molecule has 6 heteroatoms. The molecule has 1 atom stereocenters. The van der Waals surface area contributed by atoms with E-state index in [-0.39, 0.29) is 12.5 Å². The highest BCUT2D eigenvalue weighted by molar-refractivity contribution is 5.97. The first-order valence-corrected chi connectivity index (χ1v) is 9.47. The lowest BCUT2D eigenvalue weighted by Gasteiger charge is -2.31. The van der Waals surface area contributed by atoms with Crippen LogP contribution in [0, 0.1) is 5.92 Å². The van der Waals surface area contributed by atoms with Crippen molar-refractivity contribution in [3.63, 3.8) is 0 Å². The minimum atomic E-state index is -0.589. The number of nitrogens with one attached hydrogen (secondary N) is 1. The molecule has 0 aliphatic carbocycles. The third kappa shape index (κ3) is 5.77. The van der Waals surface area contributed by atoms with E-state index >= 15 is 0 Å². The van der Waals surface area contributed by atoms with Gasteiger partial charge in [0.25, 0.3) is 5.91 Å². The molecule has 0 radical (unpaired) electrons. The number of rotatable bonds is 7. The number of nitrogens with zero attached hydrogens (tertiary/aromatic N) is 2. The Morgan fingerprint density at radius 1 is 1.30 bits per heavy atom. The van der Waals surface area contributed by atoms with Gasteiger partial charge in [-0.1, -0.05) is 19.1 Å². The molecule has 27 heavy (non-hydrogen) atoms. The number of carbonyl (C=O) groups excluding carboxylic acids is 1. The topological polar surface area (TPSA) is 74.7 Å². The van der Waals surface area contributed by atoms with Crippen molar-refractivity contribution in [1.82, 2.24) is 15.2 Å². The van der Waals surface area contributed by atoms with Gasteiger partial charge in [0.2, 0.25) is 0 Å². The summed E-state index contributed by atoms with van der Waals surface area (Å²) in [6.45, 7) is 5.08. The molecule has 1 aliphatic heterocycles. The van der Waals surface area contributed by atoms with Crippen molar-refractivity contribution < 1.29 is 14.6 Å². The fraction of sp³-hybridized carbons (Fsp3) is 0.429. The third-order valence-electron chi connectivity index (χ3n) is 4.84. The maximum atomic E-state index is 12.6. The fourth-order valence-corrected chi connectivity index (χ4v) is 3.19. The molecule has 1 amide bonds. The summed E-state index contributed by atoms with van der Waals surface area (Å²) >= 11 is 0. The molecule has 3 rings (SSSR count). The number of piperidine rings is 1. The Morgan fingerprint density at radius 3 is 2.81 bits per heavy atom. The van der Waals surface area contributed by atoms with Gasteiger partial charge in [0, 0.05) is 19.3 Å². The first kappa shape index (κ1) is 19.3. The molecule has 0 bridgehead atoms. The van der Waals surface area contributed by atoms with Crippen LogP contribution in [0.5, 0.6) is 11.5 Å². The standard InChI is InChI=1S/C21H27N3O3/c1-16-8-11-24(12-9-16)15-17(25)13-23-21(26)19-6-2-3-7-20(19)27-18-5-4-10-22-14-18/h2-7,10,14,16-17,25H,8-9,11-13,15H2,1H3,(H,23,26). The molecular formula is C21H27N3O3. The van der Waals surface area contributed by atoms with Crippen LogP contribution < -0.4 is 10.1 Å². The van der Waals surface area contributed by atoms with E-state index in [4.69, 9.17) is 4.74 Å². The minimum absolute atomic E-state index is 0.214. The van der Waals surface area contributed by atoms with E-state index in [0.29, 0.717) is 23.6 Å². The summed E-state index contributed by atoms with van der Waals surface area (Å²) in [5.41, 5.74) is 0.431. The van der Waals surface area contributed by atoms with Gasteiger partial charge < -0.3 is 20.1 Å². The molecule has 1 aromatic heterocycles. The molecule has 6 nitrogen and oxygen atoms in total. The Hall–Kier alpha value is -2.44. The third-order valence-corrected chi connectivity index (χ3v) is 4.84. The number of aliphatic hydroxyl groups is 1. The highest BCUT2D eigenvalue weighted by Gasteiger charge is 2.19. The molecular weight excluding hydrogens is 342 g/mol. The molecule has 0 spiro atoms. The number of benzene rings is 1. The minimum Gasteiger partial charge on any atom is -0.455 e. The zero-order valence-electron chi connectivity index (χ0n) is 15.7. The van der Waals surface area contributed by atoms with E-state index in [1.54, 1.807) is 42.7 Å². The van der Waals surface area contributed by atoms with Crippen molar-refractivity contribution in [2.45, 2.75) is 25.9 Å². The molecule has 0 saturated carbocycles. The summed E-state index contributed by atoms with van der Waals surface area (Å²) in [4.78, 5) is 18.8. The molecule has 1 aliphatic rings. The average Bonchev–Trinajstić information content (AvgIpc) is 2.69. The zero-order chi connectivity index (χ0) is 19.1. The number of ether oxygens (including phenoxy) is 1. The number of hydrogen-bond acceptors (Lipinski definition) is 5. The van der Waals surface area contributed by atoms with Gasteiger partial charge in [0.1, 0.15) is 11.5 Å². The van der Waals surface area contributed by atoms with Crippen LogP contribution in [0.2, 0.25) is 0 Å². The second-order valence-electron chi connectivity index (χ2n) is 7.13. The summed E-state index contributed by atoms with van der Waals surface area (Å²) in [6, 6.07) is 10.6. The predicted molar refractivity (Wildman–Crippen MR) is 104 cm³/mol. The van der Waals surface area contributed by atoms with E-state index in [0.717, 1.165) is 31.8 Å². The molecule has 2 aromatic rings. The molecule has 144 valence electrons. The summed E-state index contributed by atoms with van der Waals surface area (Å²) in [5, 5.41) is 13.1. The molecule has 1 aromatic carbocycles. The molecule has 1 fully saturated rings. The first-order chi connectivity index (χ1) is 13.1. The van der Waals surface area contributed by atoms with E-state index < -0.39 is 6.10 Å². The van der Waals surface area contributed by atoms with Crippen LogP contribution in [-0.2, 0) is 0 Å². The smallest absolute Gasteiger partial charge is 0.255 e. The summed E-state index contributed by atoms with van der Waals surface area (Å²) < 4.78 is 5.77. The Morgan fingerprint density at radius 2 is 2.07 bits per heavy atom. The Bertz CT molecular complexity index is 730. The second-order valence-corrected chi connectivity index (χ2v) is 7.13. The van der Waals surface area contributed by atoms with E-state index in [1.165, 1.54) is 0 Å². The summed E-state index contributed by atoms with van der Waals surface area (Å²) in [5.74, 6) is 1.52. The summed E-state index contributed by atoms with van der Waals surface area (Å²) in [7, 11) is 0. The van der Waals surface area contributed by atoms with Crippen LogP contribution >= 0.6 is 0 Å². The van der Waals surface area contributed by atoms with Crippen molar-refractivity contribution in [3.05, 3.63) is 54.4 Å². The van der Waals surface area contributed by atoms with Crippen LogP contribution in [0.3, 0.4) is 0 Å². The maximum absolute atomic E-state index is 12.6. The SMILES string of the molecule is CC1CCN(CC(O)CNC(=O)c2ccccc2Oc2cccnc2)CC1. The average molecular weight is 369 g/mol. The lowest BCUT2D eigenvalue weighted by molar-refractivity contribution is 0.0794. The number of aromatic nitrogens is 1. The van der Waals surface area contributed by atoms with Crippen molar-refractivity contribution in [3.8, 4) is 11.5 Å². The molecule has 2 heterocycles. The number of carbonyl (C=O) groups is 1. The number of likely N-dealkylation sites (tertiary alicyclic amines) is 1. The van der Waals surface area contributed by atoms with Crippen molar-refractivity contribution in [2.24, 2.45) is 5.92 Å². The van der Waals surface area contributed by atoms with Crippen LogP contribution in [0.25, 0.3) is 0 Å². The Balaban J connectivity index is 1.53. The van der Waals surface area contributed by atoms with Crippen LogP contribution in [-0.4, -0.2) is 53.2 Å². The van der Waals surface area contributed by atoms with Crippen LogP contribution in [0.15, 0.2) is 48.8 Å². The normalized spacial score (nSPS) is 16.7. The largest absolute Gasteiger partial charge is 0.455 e. The zero-order valence-corrected chi connectivity index (χ0v) is 15.7. The van der Waals surface area contributed by atoms with E-state index in [9.17, 15) is 9.90 Å². The van der Waals surface area contributed by atoms with Crippen LogP contribution in [0.1, 0.15) is 30.1 Å². The summed E-state index contributed by atoms with van der Waals surface area (Å²) in [6.07, 6.45) is 5.00. The fourth-order valence-electron chi connectivity index (χ4n) is 3.19. The quantitative estimate of drug-likeness (QED) is 0.785. The van der Waals surface area contributed by atoms with Crippen LogP contribution in [0.4, 0.5) is 0 Å². The monoisotopic (exact) mass is 369 g/mol. The number of amides is 1. The van der Waals surface area contributed by atoms with Crippen molar-refractivity contribution in [1.29, 1.82) is 0 Å². The van der Waals surface area contributed by atoms with Gasteiger partial charge in [-0.25, -0.2) is 0 Å². The van der Waals surface area contributed by atoms with Gasteiger partial charge in [-0.05, 0) is 56.1 Å².